The predicted octanol–water partition coefficient (Wildman–Crippen LogP) is 4.00. The van der Waals surface area contributed by atoms with Crippen LogP contribution in [0.25, 0.3) is 0 Å². The summed E-state index contributed by atoms with van der Waals surface area (Å²) in [5.74, 6) is -3.74. The second-order valence-corrected chi connectivity index (χ2v) is 5.05. The fourth-order valence-electron chi connectivity index (χ4n) is 0. The van der Waals surface area contributed by atoms with Gasteiger partial charge >= 0.3 is 23.9 Å². The first-order valence-electron chi connectivity index (χ1n) is 7.54. The van der Waals surface area contributed by atoms with Gasteiger partial charge in [-0.25, -0.2) is 19.2 Å². The third kappa shape index (κ3) is 60.2. The highest BCUT2D eigenvalue weighted by Crippen LogP contribution is 1.82. The number of carboxylic acids is 4. The van der Waals surface area contributed by atoms with Crippen LogP contribution in [0.3, 0.4) is 0 Å². The molecule has 0 saturated heterocycles. The largest absolute Gasteiger partial charge is 0.478 e. The quantitative estimate of drug-likeness (QED) is 0.528. The van der Waals surface area contributed by atoms with Crippen molar-refractivity contribution < 1.29 is 39.6 Å². The first-order chi connectivity index (χ1) is 12.0. The molecule has 8 nitrogen and oxygen atoms in total. The van der Waals surface area contributed by atoms with Crippen LogP contribution in [-0.2, 0) is 19.2 Å². The topological polar surface area (TPSA) is 149 Å². The van der Waals surface area contributed by atoms with E-state index in [1.165, 1.54) is 34.1 Å². The normalized spacial score (nSPS) is 7.33. The van der Waals surface area contributed by atoms with Crippen molar-refractivity contribution in [3.8, 4) is 0 Å². The van der Waals surface area contributed by atoms with Crippen LogP contribution in [-0.4, -0.2) is 44.3 Å². The highest BCUT2D eigenvalue weighted by molar-refractivity contribution is 5.85. The Morgan fingerprint density at radius 2 is 0.556 bits per heavy atom. The first kappa shape index (κ1) is 35.0. The van der Waals surface area contributed by atoms with Crippen LogP contribution in [0.1, 0.15) is 48.0 Å². The maximum Gasteiger partial charge on any atom is 0.330 e. The fraction of sp³-hybridized carbons (Fsp3) is 0.368. The highest BCUT2D eigenvalue weighted by atomic mass is 16.4. The summed E-state index contributed by atoms with van der Waals surface area (Å²) in [7, 11) is 0. The Bertz CT molecular complexity index is 398. The Labute approximate surface area is 160 Å². The van der Waals surface area contributed by atoms with Crippen molar-refractivity contribution in [2.75, 3.05) is 0 Å². The van der Waals surface area contributed by atoms with Gasteiger partial charge in [-0.05, 0) is 27.7 Å². The lowest BCUT2D eigenvalue weighted by Crippen LogP contribution is -1.92. The number of aliphatic carboxylic acids is 4. The van der Waals surface area contributed by atoms with E-state index in [4.69, 9.17) is 20.4 Å². The van der Waals surface area contributed by atoms with Crippen molar-refractivity contribution in [3.63, 3.8) is 0 Å². The Balaban J connectivity index is -0.0000000760. The molecule has 0 spiro atoms. The molecule has 0 rings (SSSR count). The van der Waals surface area contributed by atoms with Crippen molar-refractivity contribution in [2.45, 2.75) is 48.0 Å². The summed E-state index contributed by atoms with van der Waals surface area (Å²) in [6.07, 6.45) is 1.25. The van der Waals surface area contributed by atoms with Crippen molar-refractivity contribution >= 4 is 23.9 Å². The average Bonchev–Trinajstić information content (AvgIpc) is 2.49. The second kappa shape index (κ2) is 22.8. The molecule has 27 heavy (non-hydrogen) atoms. The molecule has 0 aliphatic carbocycles. The molecule has 0 amide bonds. The van der Waals surface area contributed by atoms with Gasteiger partial charge in [0.2, 0.25) is 0 Å². The summed E-state index contributed by atoms with van der Waals surface area (Å²) in [5.41, 5.74) is 0.704. The molecule has 0 unspecified atom stereocenters. The van der Waals surface area contributed by atoms with Gasteiger partial charge in [0.15, 0.2) is 0 Å². The summed E-state index contributed by atoms with van der Waals surface area (Å²) in [6.45, 7) is 22.7. The van der Waals surface area contributed by atoms with E-state index in [0.717, 1.165) is 0 Å². The van der Waals surface area contributed by atoms with Crippen LogP contribution in [0.2, 0.25) is 0 Å². The molecule has 0 atom stereocenters. The fourth-order valence-corrected chi connectivity index (χ4v) is 0. The van der Waals surface area contributed by atoms with Gasteiger partial charge in [-0.1, -0.05) is 46.6 Å². The second-order valence-electron chi connectivity index (χ2n) is 5.05. The molecule has 0 aliphatic rings. The molecule has 156 valence electrons. The molecule has 0 aromatic carbocycles. The number of carbonyl (C=O) groups is 4. The minimum atomic E-state index is -0.935. The third-order valence-electron chi connectivity index (χ3n) is 1.46. The minimum absolute atomic E-state index is 0.176. The van der Waals surface area contributed by atoms with E-state index in [2.05, 4.69) is 40.2 Å². The number of hydrogen-bond acceptors (Lipinski definition) is 4. The minimum Gasteiger partial charge on any atom is -0.478 e. The monoisotopic (exact) mass is 388 g/mol. The Kier molecular flexibility index (Phi) is 29.6. The van der Waals surface area contributed by atoms with E-state index in [1.807, 2.05) is 0 Å². The van der Waals surface area contributed by atoms with Gasteiger partial charge in [0.25, 0.3) is 0 Å². The summed E-state index contributed by atoms with van der Waals surface area (Å²) >= 11 is 0. The van der Waals surface area contributed by atoms with Gasteiger partial charge in [-0.2, -0.15) is 0 Å². The summed E-state index contributed by atoms with van der Waals surface area (Å²) in [5, 5.41) is 31.6. The molecular formula is C19H32O8. The standard InChI is InChI=1S/4C4H6O2.C3H8/c4*1-3(2)4(5)6;1-3-2/h4*1H2,2H3,(H,5,6);3H2,1-2H3. The van der Waals surface area contributed by atoms with E-state index in [9.17, 15) is 19.2 Å². The van der Waals surface area contributed by atoms with Crippen molar-refractivity contribution in [3.05, 3.63) is 48.6 Å². The molecule has 4 N–H and O–H groups in total. The van der Waals surface area contributed by atoms with E-state index in [0.29, 0.717) is 0 Å². The zero-order valence-corrected chi connectivity index (χ0v) is 17.0. The smallest absolute Gasteiger partial charge is 0.330 e. The number of hydrogen-bond donors (Lipinski definition) is 4. The lowest BCUT2D eigenvalue weighted by Gasteiger charge is -1.79. The SMILES string of the molecule is C=C(C)C(=O)O.C=C(C)C(=O)O.C=C(C)C(=O)O.C=C(C)C(=O)O.CCC. The summed E-state index contributed by atoms with van der Waals surface area (Å²) < 4.78 is 0. The molecule has 0 bridgehead atoms. The Morgan fingerprint density at radius 3 is 0.556 bits per heavy atom. The van der Waals surface area contributed by atoms with Gasteiger partial charge < -0.3 is 20.4 Å². The summed E-state index contributed by atoms with van der Waals surface area (Å²) in [4.78, 5) is 38.4. The van der Waals surface area contributed by atoms with Gasteiger partial charge in [-0.3, -0.25) is 0 Å². The Hall–Kier alpha value is -3.16. The van der Waals surface area contributed by atoms with Crippen LogP contribution >= 0.6 is 0 Å². The summed E-state index contributed by atoms with van der Waals surface area (Å²) in [6, 6.07) is 0. The molecule has 0 heterocycles. The van der Waals surface area contributed by atoms with E-state index in [-0.39, 0.29) is 22.3 Å². The van der Waals surface area contributed by atoms with E-state index < -0.39 is 23.9 Å². The Morgan fingerprint density at radius 1 is 0.519 bits per heavy atom. The van der Waals surface area contributed by atoms with Crippen LogP contribution in [0.4, 0.5) is 0 Å². The van der Waals surface area contributed by atoms with Gasteiger partial charge in [0.1, 0.15) is 0 Å². The predicted molar refractivity (Wildman–Crippen MR) is 106 cm³/mol. The van der Waals surface area contributed by atoms with Crippen LogP contribution in [0.5, 0.6) is 0 Å². The van der Waals surface area contributed by atoms with Crippen LogP contribution < -0.4 is 0 Å². The van der Waals surface area contributed by atoms with Gasteiger partial charge in [0, 0.05) is 22.3 Å². The zero-order valence-electron chi connectivity index (χ0n) is 17.0. The molecule has 0 radical (unpaired) electrons. The maximum absolute atomic E-state index is 9.60. The zero-order chi connectivity index (χ0) is 23.3. The number of carboxylic acid groups (broad SMARTS) is 4. The maximum atomic E-state index is 9.60. The molecule has 0 aromatic rings. The molecular weight excluding hydrogens is 356 g/mol. The molecule has 0 saturated carbocycles. The van der Waals surface area contributed by atoms with E-state index >= 15 is 0 Å². The number of rotatable bonds is 4. The van der Waals surface area contributed by atoms with Crippen molar-refractivity contribution in [1.29, 1.82) is 0 Å². The molecule has 0 aromatic heterocycles. The van der Waals surface area contributed by atoms with Crippen LogP contribution in [0.15, 0.2) is 48.6 Å². The third-order valence-corrected chi connectivity index (χ3v) is 1.46. The van der Waals surface area contributed by atoms with Gasteiger partial charge in [-0.15, -0.1) is 0 Å². The highest BCUT2D eigenvalue weighted by Gasteiger charge is 1.91. The lowest BCUT2D eigenvalue weighted by atomic mass is 10.4. The first-order valence-corrected chi connectivity index (χ1v) is 7.54. The van der Waals surface area contributed by atoms with Crippen LogP contribution in [0, 0.1) is 0 Å². The molecule has 0 aliphatic heterocycles. The molecule has 0 fully saturated rings. The average molecular weight is 388 g/mol. The lowest BCUT2D eigenvalue weighted by molar-refractivity contribution is -0.133. The molecule has 8 heteroatoms. The van der Waals surface area contributed by atoms with Crippen molar-refractivity contribution in [1.82, 2.24) is 0 Å². The van der Waals surface area contributed by atoms with E-state index in [1.54, 1.807) is 0 Å². The van der Waals surface area contributed by atoms with Gasteiger partial charge in [0.05, 0.1) is 0 Å². The van der Waals surface area contributed by atoms with Crippen molar-refractivity contribution in [2.24, 2.45) is 0 Å².